The van der Waals surface area contributed by atoms with Crippen LogP contribution < -0.4 is 0 Å². The highest BCUT2D eigenvalue weighted by Crippen LogP contribution is 2.29. The first-order chi connectivity index (χ1) is 8.09. The zero-order valence-corrected chi connectivity index (χ0v) is 9.49. The molecule has 17 heavy (non-hydrogen) atoms. The van der Waals surface area contributed by atoms with Gasteiger partial charge in [0.15, 0.2) is 0 Å². The van der Waals surface area contributed by atoms with Crippen LogP contribution in [0, 0.1) is 0 Å². The molecule has 0 spiro atoms. The van der Waals surface area contributed by atoms with Gasteiger partial charge in [-0.25, -0.2) is 9.18 Å². The van der Waals surface area contributed by atoms with Crippen LogP contribution in [0.1, 0.15) is 28.8 Å². The van der Waals surface area contributed by atoms with Crippen molar-refractivity contribution < 1.29 is 19.0 Å². The number of carboxylic acids is 1. The van der Waals surface area contributed by atoms with E-state index in [1.54, 1.807) is 12.1 Å². The van der Waals surface area contributed by atoms with Gasteiger partial charge in [0.2, 0.25) is 0 Å². The third-order valence-corrected chi connectivity index (χ3v) is 3.11. The number of benzene rings is 1. The van der Waals surface area contributed by atoms with Crippen molar-refractivity contribution in [3.05, 3.63) is 35.4 Å². The van der Waals surface area contributed by atoms with Gasteiger partial charge < -0.3 is 9.84 Å². The topological polar surface area (TPSA) is 46.5 Å². The molecule has 0 bridgehead atoms. The lowest BCUT2D eigenvalue weighted by Gasteiger charge is -2.29. The Kier molecular flexibility index (Phi) is 3.43. The van der Waals surface area contributed by atoms with E-state index in [0.717, 1.165) is 5.56 Å². The highest BCUT2D eigenvalue weighted by Gasteiger charge is 2.32. The number of carboxylic acid groups (broad SMARTS) is 1. The number of ether oxygens (including phenoxy) is 1. The molecular formula is C13H15FO3. The fourth-order valence-electron chi connectivity index (χ4n) is 2.05. The molecule has 0 saturated carbocycles. The maximum Gasteiger partial charge on any atom is 0.335 e. The van der Waals surface area contributed by atoms with E-state index in [4.69, 9.17) is 9.84 Å². The number of carbonyl (C=O) groups is 1. The summed E-state index contributed by atoms with van der Waals surface area (Å²) >= 11 is 0. The summed E-state index contributed by atoms with van der Waals surface area (Å²) in [5.41, 5.74) is -0.142. The first kappa shape index (κ1) is 12.0. The van der Waals surface area contributed by atoms with Crippen LogP contribution in [-0.2, 0) is 11.2 Å². The molecule has 0 amide bonds. The van der Waals surface area contributed by atoms with Gasteiger partial charge >= 0.3 is 5.97 Å². The Morgan fingerprint density at radius 3 is 2.41 bits per heavy atom. The van der Waals surface area contributed by atoms with Crippen LogP contribution in [0.15, 0.2) is 24.3 Å². The van der Waals surface area contributed by atoms with Gasteiger partial charge in [-0.15, -0.1) is 0 Å². The van der Waals surface area contributed by atoms with Crippen molar-refractivity contribution >= 4 is 5.97 Å². The maximum atomic E-state index is 14.3. The monoisotopic (exact) mass is 238 g/mol. The summed E-state index contributed by atoms with van der Waals surface area (Å²) < 4.78 is 19.5. The SMILES string of the molecule is O=C(O)c1ccc(CC2(F)CCOCC2)cc1. The molecule has 2 rings (SSSR count). The molecule has 0 radical (unpaired) electrons. The van der Waals surface area contributed by atoms with E-state index in [1.165, 1.54) is 12.1 Å². The van der Waals surface area contributed by atoms with Crippen molar-refractivity contribution in [3.63, 3.8) is 0 Å². The van der Waals surface area contributed by atoms with Gasteiger partial charge in [0.1, 0.15) is 5.67 Å². The van der Waals surface area contributed by atoms with E-state index in [-0.39, 0.29) is 5.56 Å². The molecule has 1 aromatic carbocycles. The fraction of sp³-hybridized carbons (Fsp3) is 0.462. The molecule has 0 unspecified atom stereocenters. The minimum atomic E-state index is -1.21. The zero-order chi connectivity index (χ0) is 12.3. The summed E-state index contributed by atoms with van der Waals surface area (Å²) in [6, 6.07) is 6.39. The average Bonchev–Trinajstić information content (AvgIpc) is 2.30. The predicted molar refractivity (Wildman–Crippen MR) is 61.0 cm³/mol. The molecular weight excluding hydrogens is 223 g/mol. The van der Waals surface area contributed by atoms with Gasteiger partial charge in [-0.2, -0.15) is 0 Å². The Bertz CT molecular complexity index is 394. The van der Waals surface area contributed by atoms with E-state index in [0.29, 0.717) is 32.5 Å². The predicted octanol–water partition coefficient (Wildman–Crippen LogP) is 2.45. The summed E-state index contributed by atoms with van der Waals surface area (Å²) in [5, 5.41) is 8.76. The summed E-state index contributed by atoms with van der Waals surface area (Å²) in [7, 11) is 0. The van der Waals surface area contributed by atoms with Crippen molar-refractivity contribution in [2.45, 2.75) is 24.9 Å². The molecule has 1 fully saturated rings. The van der Waals surface area contributed by atoms with Gasteiger partial charge in [-0.1, -0.05) is 12.1 Å². The average molecular weight is 238 g/mol. The van der Waals surface area contributed by atoms with Gasteiger partial charge in [-0.3, -0.25) is 0 Å². The van der Waals surface area contributed by atoms with Crippen LogP contribution in [0.3, 0.4) is 0 Å². The molecule has 0 aromatic heterocycles. The third-order valence-electron chi connectivity index (χ3n) is 3.11. The third kappa shape index (κ3) is 3.03. The number of halogens is 1. The Morgan fingerprint density at radius 2 is 1.88 bits per heavy atom. The van der Waals surface area contributed by atoms with Crippen molar-refractivity contribution in [3.8, 4) is 0 Å². The highest BCUT2D eigenvalue weighted by atomic mass is 19.1. The molecule has 3 nitrogen and oxygen atoms in total. The van der Waals surface area contributed by atoms with E-state index in [1.807, 2.05) is 0 Å². The molecule has 0 atom stereocenters. The first-order valence-corrected chi connectivity index (χ1v) is 5.68. The van der Waals surface area contributed by atoms with E-state index >= 15 is 0 Å². The summed E-state index contributed by atoms with van der Waals surface area (Å²) in [6.45, 7) is 0.924. The number of rotatable bonds is 3. The minimum absolute atomic E-state index is 0.230. The van der Waals surface area contributed by atoms with Crippen LogP contribution in [0.2, 0.25) is 0 Å². The molecule has 1 aliphatic rings. The second kappa shape index (κ2) is 4.84. The quantitative estimate of drug-likeness (QED) is 0.879. The molecule has 4 heteroatoms. The number of alkyl halides is 1. The number of aromatic carboxylic acids is 1. The zero-order valence-electron chi connectivity index (χ0n) is 9.49. The Hall–Kier alpha value is -1.42. The van der Waals surface area contributed by atoms with Crippen LogP contribution in [0.25, 0.3) is 0 Å². The lowest BCUT2D eigenvalue weighted by atomic mass is 9.89. The van der Waals surface area contributed by atoms with Crippen LogP contribution in [0.4, 0.5) is 4.39 Å². The van der Waals surface area contributed by atoms with E-state index in [2.05, 4.69) is 0 Å². The van der Waals surface area contributed by atoms with Crippen LogP contribution >= 0.6 is 0 Å². The second-order valence-electron chi connectivity index (χ2n) is 4.44. The summed E-state index contributed by atoms with van der Waals surface area (Å²) in [5.74, 6) is -0.961. The molecule has 92 valence electrons. The Balaban J connectivity index is 2.05. The normalized spacial score (nSPS) is 18.9. The van der Waals surface area contributed by atoms with Crippen molar-refractivity contribution in [1.82, 2.24) is 0 Å². The number of hydrogen-bond acceptors (Lipinski definition) is 2. The molecule has 1 N–H and O–H groups in total. The molecule has 1 saturated heterocycles. The molecule has 0 aliphatic carbocycles. The second-order valence-corrected chi connectivity index (χ2v) is 4.44. The summed E-state index contributed by atoms with van der Waals surface area (Å²) in [4.78, 5) is 10.7. The van der Waals surface area contributed by atoms with Crippen molar-refractivity contribution in [2.24, 2.45) is 0 Å². The van der Waals surface area contributed by atoms with E-state index < -0.39 is 11.6 Å². The van der Waals surface area contributed by atoms with E-state index in [9.17, 15) is 9.18 Å². The Labute approximate surface area is 99.2 Å². The highest BCUT2D eigenvalue weighted by molar-refractivity contribution is 5.87. The first-order valence-electron chi connectivity index (χ1n) is 5.68. The minimum Gasteiger partial charge on any atom is -0.478 e. The largest absolute Gasteiger partial charge is 0.478 e. The number of hydrogen-bond donors (Lipinski definition) is 1. The summed E-state index contributed by atoms with van der Waals surface area (Å²) in [6.07, 6.45) is 1.15. The molecule has 1 aliphatic heterocycles. The smallest absolute Gasteiger partial charge is 0.335 e. The van der Waals surface area contributed by atoms with Gasteiger partial charge in [0.25, 0.3) is 0 Å². The molecule has 1 aromatic rings. The van der Waals surface area contributed by atoms with Gasteiger partial charge in [0, 0.05) is 32.5 Å². The lowest BCUT2D eigenvalue weighted by molar-refractivity contribution is -0.00815. The van der Waals surface area contributed by atoms with Crippen molar-refractivity contribution in [2.75, 3.05) is 13.2 Å². The Morgan fingerprint density at radius 1 is 1.29 bits per heavy atom. The van der Waals surface area contributed by atoms with Gasteiger partial charge in [0.05, 0.1) is 5.56 Å². The lowest BCUT2D eigenvalue weighted by Crippen LogP contribution is -2.33. The van der Waals surface area contributed by atoms with Crippen LogP contribution in [-0.4, -0.2) is 30.0 Å². The maximum absolute atomic E-state index is 14.3. The molecule has 1 heterocycles. The standard InChI is InChI=1S/C13H15FO3/c14-13(5-7-17-8-6-13)9-10-1-3-11(4-2-10)12(15)16/h1-4H,5-9H2,(H,15,16). The van der Waals surface area contributed by atoms with Crippen LogP contribution in [0.5, 0.6) is 0 Å². The fourth-order valence-corrected chi connectivity index (χ4v) is 2.05. The van der Waals surface area contributed by atoms with Gasteiger partial charge in [-0.05, 0) is 17.7 Å². The van der Waals surface area contributed by atoms with Crippen molar-refractivity contribution in [1.29, 1.82) is 0 Å².